The zero-order chi connectivity index (χ0) is 17.8. The monoisotopic (exact) mass is 373 g/mol. The summed E-state index contributed by atoms with van der Waals surface area (Å²) in [6, 6.07) is 14.4. The van der Waals surface area contributed by atoms with Gasteiger partial charge in [-0.15, -0.1) is 0 Å². The number of hydrogen-bond acceptors (Lipinski definition) is 2. The van der Waals surface area contributed by atoms with E-state index in [-0.39, 0.29) is 0 Å². The Balaban J connectivity index is 1.52. The van der Waals surface area contributed by atoms with Gasteiger partial charge in [-0.1, -0.05) is 35.9 Å². The Morgan fingerprint density at radius 1 is 1.04 bits per heavy atom. The van der Waals surface area contributed by atoms with Crippen molar-refractivity contribution in [3.05, 3.63) is 64.2 Å². The van der Waals surface area contributed by atoms with Crippen molar-refractivity contribution in [1.29, 1.82) is 0 Å². The van der Waals surface area contributed by atoms with Gasteiger partial charge in [0, 0.05) is 43.4 Å². The highest BCUT2D eigenvalue weighted by molar-refractivity contribution is 7.80. The van der Waals surface area contributed by atoms with Crippen LogP contribution in [0, 0.1) is 13.8 Å². The van der Waals surface area contributed by atoms with E-state index >= 15 is 0 Å². The molecule has 1 aliphatic heterocycles. The van der Waals surface area contributed by atoms with E-state index in [1.165, 1.54) is 16.7 Å². The highest BCUT2D eigenvalue weighted by atomic mass is 35.5. The molecule has 0 atom stereocenters. The fourth-order valence-electron chi connectivity index (χ4n) is 3.00. The van der Waals surface area contributed by atoms with Crippen LogP contribution in [-0.2, 0) is 6.54 Å². The Morgan fingerprint density at radius 3 is 2.44 bits per heavy atom. The van der Waals surface area contributed by atoms with E-state index in [0.717, 1.165) is 48.5 Å². The van der Waals surface area contributed by atoms with Crippen LogP contribution >= 0.6 is 23.8 Å². The van der Waals surface area contributed by atoms with Crippen molar-refractivity contribution < 1.29 is 0 Å². The summed E-state index contributed by atoms with van der Waals surface area (Å²) >= 11 is 11.9. The van der Waals surface area contributed by atoms with Gasteiger partial charge in [-0.25, -0.2) is 0 Å². The Bertz CT molecular complexity index is 754. The van der Waals surface area contributed by atoms with Gasteiger partial charge in [0.1, 0.15) is 0 Å². The van der Waals surface area contributed by atoms with Crippen LogP contribution in [0.1, 0.15) is 16.7 Å². The quantitative estimate of drug-likeness (QED) is 0.799. The lowest BCUT2D eigenvalue weighted by molar-refractivity contribution is 0.177. The van der Waals surface area contributed by atoms with Crippen molar-refractivity contribution in [3.8, 4) is 0 Å². The highest BCUT2D eigenvalue weighted by Gasteiger charge is 2.19. The van der Waals surface area contributed by atoms with Crippen LogP contribution < -0.4 is 5.32 Å². The molecule has 3 nitrogen and oxygen atoms in total. The number of nitrogens with zero attached hydrogens (tertiary/aromatic N) is 2. The minimum absolute atomic E-state index is 0.806. The molecule has 0 aromatic heterocycles. The molecule has 0 bridgehead atoms. The van der Waals surface area contributed by atoms with Crippen LogP contribution in [-0.4, -0.2) is 41.1 Å². The summed E-state index contributed by atoms with van der Waals surface area (Å²) in [6.45, 7) is 8.97. The lowest BCUT2D eigenvalue weighted by atomic mass is 10.1. The second-order valence-electron chi connectivity index (χ2n) is 6.58. The summed E-state index contributed by atoms with van der Waals surface area (Å²) in [6.07, 6.45) is 0. The predicted molar refractivity (Wildman–Crippen MR) is 110 cm³/mol. The Morgan fingerprint density at radius 2 is 1.76 bits per heavy atom. The fourth-order valence-corrected chi connectivity index (χ4v) is 3.49. The molecule has 0 radical (unpaired) electrons. The summed E-state index contributed by atoms with van der Waals surface area (Å²) in [4.78, 5) is 4.67. The Kier molecular flexibility index (Phi) is 5.94. The number of nitrogens with one attached hydrogen (secondary N) is 1. The molecular weight excluding hydrogens is 350 g/mol. The van der Waals surface area contributed by atoms with E-state index in [0.29, 0.717) is 0 Å². The topological polar surface area (TPSA) is 18.5 Å². The fraction of sp³-hybridized carbons (Fsp3) is 0.350. The first-order valence-electron chi connectivity index (χ1n) is 8.62. The zero-order valence-electron chi connectivity index (χ0n) is 14.8. The SMILES string of the molecule is Cc1ccc(NC(=S)N2CCN(Cc3ccccc3Cl)CC2)cc1C. The molecule has 1 N–H and O–H groups in total. The second kappa shape index (κ2) is 8.17. The maximum atomic E-state index is 6.27. The van der Waals surface area contributed by atoms with Crippen molar-refractivity contribution in [1.82, 2.24) is 9.80 Å². The Labute approximate surface area is 160 Å². The van der Waals surface area contributed by atoms with Crippen molar-refractivity contribution >= 4 is 34.6 Å². The van der Waals surface area contributed by atoms with Crippen molar-refractivity contribution in [2.45, 2.75) is 20.4 Å². The lowest BCUT2D eigenvalue weighted by Crippen LogP contribution is -2.49. The van der Waals surface area contributed by atoms with Crippen LogP contribution in [0.25, 0.3) is 0 Å². The summed E-state index contributed by atoms with van der Waals surface area (Å²) in [7, 11) is 0. The summed E-state index contributed by atoms with van der Waals surface area (Å²) in [5.41, 5.74) is 4.82. The number of piperazine rings is 1. The van der Waals surface area contributed by atoms with Gasteiger partial charge in [0.25, 0.3) is 0 Å². The maximum Gasteiger partial charge on any atom is 0.173 e. The molecule has 1 aliphatic rings. The van der Waals surface area contributed by atoms with Crippen molar-refractivity contribution in [3.63, 3.8) is 0 Å². The molecule has 1 heterocycles. The van der Waals surface area contributed by atoms with Gasteiger partial charge in [-0.3, -0.25) is 4.90 Å². The first kappa shape index (κ1) is 18.2. The third-order valence-electron chi connectivity index (χ3n) is 4.77. The van der Waals surface area contributed by atoms with E-state index in [1.807, 2.05) is 18.2 Å². The average Bonchev–Trinajstić information content (AvgIpc) is 2.61. The molecule has 25 heavy (non-hydrogen) atoms. The number of hydrogen-bond donors (Lipinski definition) is 1. The molecule has 0 amide bonds. The van der Waals surface area contributed by atoms with E-state index in [1.54, 1.807) is 0 Å². The molecule has 0 spiro atoms. The molecular formula is C20H24ClN3S. The van der Waals surface area contributed by atoms with Crippen LogP contribution in [0.2, 0.25) is 5.02 Å². The molecule has 3 rings (SSSR count). The van der Waals surface area contributed by atoms with Crippen molar-refractivity contribution in [2.24, 2.45) is 0 Å². The van der Waals surface area contributed by atoms with Gasteiger partial charge in [0.05, 0.1) is 0 Å². The number of halogens is 1. The first-order valence-corrected chi connectivity index (χ1v) is 9.40. The standard InChI is InChI=1S/C20H24ClN3S/c1-15-7-8-18(13-16(15)2)22-20(25)24-11-9-23(10-12-24)14-17-5-3-4-6-19(17)21/h3-8,13H,9-12,14H2,1-2H3,(H,22,25). The highest BCUT2D eigenvalue weighted by Crippen LogP contribution is 2.19. The zero-order valence-corrected chi connectivity index (χ0v) is 16.3. The largest absolute Gasteiger partial charge is 0.346 e. The molecule has 0 saturated carbocycles. The van der Waals surface area contributed by atoms with E-state index in [2.05, 4.69) is 53.2 Å². The summed E-state index contributed by atoms with van der Waals surface area (Å²) < 4.78 is 0. The van der Waals surface area contributed by atoms with Crippen LogP contribution in [0.4, 0.5) is 5.69 Å². The average molecular weight is 374 g/mol. The molecule has 2 aromatic rings. The maximum absolute atomic E-state index is 6.27. The summed E-state index contributed by atoms with van der Waals surface area (Å²) in [5, 5.41) is 5.02. The van der Waals surface area contributed by atoms with E-state index in [4.69, 9.17) is 23.8 Å². The smallest absolute Gasteiger partial charge is 0.173 e. The number of aryl methyl sites for hydroxylation is 2. The van der Waals surface area contributed by atoms with Crippen LogP contribution in [0.5, 0.6) is 0 Å². The van der Waals surface area contributed by atoms with E-state index < -0.39 is 0 Å². The van der Waals surface area contributed by atoms with Crippen LogP contribution in [0.3, 0.4) is 0 Å². The minimum Gasteiger partial charge on any atom is -0.346 e. The number of benzene rings is 2. The second-order valence-corrected chi connectivity index (χ2v) is 7.38. The summed E-state index contributed by atoms with van der Waals surface area (Å²) in [5.74, 6) is 0. The third-order valence-corrected chi connectivity index (χ3v) is 5.50. The molecule has 1 saturated heterocycles. The molecule has 132 valence electrons. The molecule has 2 aromatic carbocycles. The predicted octanol–water partition coefficient (Wildman–Crippen LogP) is 4.47. The molecule has 0 unspecified atom stereocenters. The van der Waals surface area contributed by atoms with Gasteiger partial charge in [0.2, 0.25) is 0 Å². The van der Waals surface area contributed by atoms with E-state index in [9.17, 15) is 0 Å². The molecule has 5 heteroatoms. The minimum atomic E-state index is 0.806. The lowest BCUT2D eigenvalue weighted by Gasteiger charge is -2.36. The number of anilines is 1. The molecule has 1 fully saturated rings. The first-order chi connectivity index (χ1) is 12.0. The third kappa shape index (κ3) is 4.72. The number of rotatable bonds is 3. The molecule has 0 aliphatic carbocycles. The number of thiocarbonyl (C=S) groups is 1. The van der Waals surface area contributed by atoms with Crippen LogP contribution in [0.15, 0.2) is 42.5 Å². The Hall–Kier alpha value is -1.62. The normalized spacial score (nSPS) is 15.2. The van der Waals surface area contributed by atoms with Gasteiger partial charge in [0.15, 0.2) is 5.11 Å². The van der Waals surface area contributed by atoms with Gasteiger partial charge in [-0.2, -0.15) is 0 Å². The van der Waals surface area contributed by atoms with Gasteiger partial charge < -0.3 is 10.2 Å². The van der Waals surface area contributed by atoms with Gasteiger partial charge >= 0.3 is 0 Å². The van der Waals surface area contributed by atoms with Gasteiger partial charge in [-0.05, 0) is 61.0 Å². The van der Waals surface area contributed by atoms with Crippen molar-refractivity contribution in [2.75, 3.05) is 31.5 Å².